The maximum Gasteiger partial charge on any atom is 0.323 e. The molecule has 2 aliphatic carbocycles. The van der Waals surface area contributed by atoms with Gasteiger partial charge in [-0.05, 0) is 76.5 Å². The van der Waals surface area contributed by atoms with Gasteiger partial charge in [0.05, 0.1) is 18.9 Å². The zero-order valence-electron chi connectivity index (χ0n) is 17.4. The van der Waals surface area contributed by atoms with Crippen molar-refractivity contribution in [2.75, 3.05) is 13.2 Å². The van der Waals surface area contributed by atoms with Crippen molar-refractivity contribution in [3.05, 3.63) is 40.5 Å². The first-order valence-corrected chi connectivity index (χ1v) is 10.0. The highest BCUT2D eigenvalue weighted by molar-refractivity contribution is 6.07. The quantitative estimate of drug-likeness (QED) is 0.550. The first-order valence-electron chi connectivity index (χ1n) is 10.0. The Morgan fingerprint density at radius 1 is 1.07 bits per heavy atom. The minimum Gasteiger partial charge on any atom is -0.465 e. The Balaban J connectivity index is 1.96. The van der Waals surface area contributed by atoms with Crippen molar-refractivity contribution in [2.45, 2.75) is 53.9 Å². The molecule has 0 radical (unpaired) electrons. The van der Waals surface area contributed by atoms with Gasteiger partial charge >= 0.3 is 11.9 Å². The Morgan fingerprint density at radius 2 is 1.64 bits per heavy atom. The van der Waals surface area contributed by atoms with E-state index in [1.54, 1.807) is 13.8 Å². The minimum absolute atomic E-state index is 0.136. The van der Waals surface area contributed by atoms with Crippen LogP contribution in [0.2, 0.25) is 0 Å². The van der Waals surface area contributed by atoms with Crippen LogP contribution in [0, 0.1) is 25.2 Å². The summed E-state index contributed by atoms with van der Waals surface area (Å²) in [5.74, 6) is -0.787. The molecule has 0 heterocycles. The number of para-hydroxylation sites is 1. The van der Waals surface area contributed by atoms with E-state index in [9.17, 15) is 9.59 Å². The number of ether oxygens (including phenoxy) is 2. The van der Waals surface area contributed by atoms with Gasteiger partial charge < -0.3 is 9.47 Å². The summed E-state index contributed by atoms with van der Waals surface area (Å²) in [7, 11) is 0. The largest absolute Gasteiger partial charge is 0.465 e. The van der Waals surface area contributed by atoms with Gasteiger partial charge in [0.1, 0.15) is 0 Å². The van der Waals surface area contributed by atoms with E-state index in [1.807, 2.05) is 13.0 Å². The van der Waals surface area contributed by atoms with E-state index in [0.717, 1.165) is 40.1 Å². The third-order valence-electron chi connectivity index (χ3n) is 5.95. The summed E-state index contributed by atoms with van der Waals surface area (Å²) in [5.41, 5.74) is 5.40. The van der Waals surface area contributed by atoms with Gasteiger partial charge in [-0.25, -0.2) is 0 Å². The van der Waals surface area contributed by atoms with E-state index in [2.05, 4.69) is 26.0 Å². The third-order valence-corrected chi connectivity index (χ3v) is 5.95. The van der Waals surface area contributed by atoms with Crippen LogP contribution >= 0.6 is 0 Å². The van der Waals surface area contributed by atoms with E-state index in [4.69, 9.17) is 14.5 Å². The number of benzene rings is 1. The van der Waals surface area contributed by atoms with Gasteiger partial charge in [-0.1, -0.05) is 23.8 Å². The van der Waals surface area contributed by atoms with Crippen LogP contribution in [0.3, 0.4) is 0 Å². The van der Waals surface area contributed by atoms with Crippen LogP contribution in [0.4, 0.5) is 5.69 Å². The fourth-order valence-electron chi connectivity index (χ4n) is 4.47. The maximum absolute atomic E-state index is 12.7. The summed E-state index contributed by atoms with van der Waals surface area (Å²) in [4.78, 5) is 30.4. The third kappa shape index (κ3) is 3.38. The number of carbonyl (C=O) groups is 2. The lowest BCUT2D eigenvalue weighted by Crippen LogP contribution is -2.40. The van der Waals surface area contributed by atoms with Gasteiger partial charge in [-0.3, -0.25) is 14.6 Å². The van der Waals surface area contributed by atoms with E-state index in [1.165, 1.54) is 0 Å². The highest BCUT2D eigenvalue weighted by Gasteiger charge is 2.57. The molecule has 1 unspecified atom stereocenters. The topological polar surface area (TPSA) is 65.0 Å². The van der Waals surface area contributed by atoms with Gasteiger partial charge in [-0.2, -0.15) is 0 Å². The lowest BCUT2D eigenvalue weighted by molar-refractivity contribution is -0.171. The summed E-state index contributed by atoms with van der Waals surface area (Å²) >= 11 is 0. The molecule has 5 heteroatoms. The molecule has 1 saturated carbocycles. The van der Waals surface area contributed by atoms with Crippen LogP contribution in [0.15, 0.2) is 34.3 Å². The molecular formula is C23H29NO4. The zero-order valence-corrected chi connectivity index (χ0v) is 17.4. The molecule has 2 aliphatic rings. The average Bonchev–Trinajstić information content (AvgIpc) is 3.16. The van der Waals surface area contributed by atoms with Crippen molar-refractivity contribution < 1.29 is 19.1 Å². The van der Waals surface area contributed by atoms with E-state index in [-0.39, 0.29) is 19.1 Å². The Labute approximate surface area is 166 Å². The van der Waals surface area contributed by atoms with Crippen molar-refractivity contribution >= 4 is 23.3 Å². The highest BCUT2D eigenvalue weighted by Crippen LogP contribution is 2.53. The van der Waals surface area contributed by atoms with Crippen LogP contribution in [-0.4, -0.2) is 30.9 Å². The van der Waals surface area contributed by atoms with Gasteiger partial charge in [0.25, 0.3) is 0 Å². The number of hydrogen-bond acceptors (Lipinski definition) is 5. The smallest absolute Gasteiger partial charge is 0.323 e. The van der Waals surface area contributed by atoms with Crippen molar-refractivity contribution in [3.8, 4) is 0 Å². The van der Waals surface area contributed by atoms with Gasteiger partial charge in [-0.15, -0.1) is 0 Å². The van der Waals surface area contributed by atoms with Crippen LogP contribution in [0.1, 0.15) is 51.2 Å². The van der Waals surface area contributed by atoms with Crippen LogP contribution in [0.5, 0.6) is 0 Å². The molecule has 1 fully saturated rings. The Bertz CT molecular complexity index is 827. The fourth-order valence-corrected chi connectivity index (χ4v) is 4.47. The first kappa shape index (κ1) is 20.3. The minimum atomic E-state index is -1.21. The number of rotatable bonds is 5. The molecular weight excluding hydrogens is 354 g/mol. The lowest BCUT2D eigenvalue weighted by atomic mass is 9.83. The standard InChI is InChI=1S/C23H29NO4/c1-6-27-21(25)23(22(26)28-7-2)12-17-11-19(16(5)18(17)13-23)24-20-14(3)9-8-10-15(20)4/h8-10,17H,6-7,11-13H2,1-5H3. The van der Waals surface area contributed by atoms with Crippen LogP contribution < -0.4 is 0 Å². The van der Waals surface area contributed by atoms with Gasteiger partial charge in [0.2, 0.25) is 0 Å². The second-order valence-corrected chi connectivity index (χ2v) is 7.75. The number of aryl methyl sites for hydroxylation is 2. The van der Waals surface area contributed by atoms with Crippen molar-refractivity contribution in [2.24, 2.45) is 16.3 Å². The number of nitrogens with zero attached hydrogens (tertiary/aromatic N) is 1. The molecule has 5 nitrogen and oxygen atoms in total. The summed E-state index contributed by atoms with van der Waals surface area (Å²) in [6.07, 6.45) is 1.55. The summed E-state index contributed by atoms with van der Waals surface area (Å²) in [6, 6.07) is 6.17. The van der Waals surface area contributed by atoms with E-state index >= 15 is 0 Å². The summed E-state index contributed by atoms with van der Waals surface area (Å²) < 4.78 is 10.5. The zero-order chi connectivity index (χ0) is 20.5. The maximum atomic E-state index is 12.7. The molecule has 1 atom stereocenters. The number of carbonyl (C=O) groups excluding carboxylic acids is 2. The molecule has 0 aromatic heterocycles. The average molecular weight is 383 g/mol. The molecule has 3 rings (SSSR count). The SMILES string of the molecule is CCOC(=O)C1(C(=O)OCC)CC2=C(C)C(=Nc3c(C)cccc3C)CC2C1. The summed E-state index contributed by atoms with van der Waals surface area (Å²) in [6.45, 7) is 10.2. The molecule has 0 bridgehead atoms. The number of esters is 2. The van der Waals surface area contributed by atoms with Crippen LogP contribution in [0.25, 0.3) is 0 Å². The highest BCUT2D eigenvalue weighted by atomic mass is 16.6. The van der Waals surface area contributed by atoms with Crippen molar-refractivity contribution in [3.63, 3.8) is 0 Å². The number of hydrogen-bond donors (Lipinski definition) is 0. The lowest BCUT2D eigenvalue weighted by Gasteiger charge is -2.24. The molecule has 0 saturated heterocycles. The van der Waals surface area contributed by atoms with Gasteiger partial charge in [0, 0.05) is 5.71 Å². The van der Waals surface area contributed by atoms with Crippen LogP contribution in [-0.2, 0) is 19.1 Å². The number of aliphatic imine (C=N–C) groups is 1. The second-order valence-electron chi connectivity index (χ2n) is 7.75. The Kier molecular flexibility index (Phi) is 5.73. The monoisotopic (exact) mass is 383 g/mol. The molecule has 0 amide bonds. The predicted octanol–water partition coefficient (Wildman–Crippen LogP) is 4.62. The van der Waals surface area contributed by atoms with Gasteiger partial charge in [0.15, 0.2) is 5.41 Å². The molecule has 0 N–H and O–H groups in total. The molecule has 1 aromatic rings. The fraction of sp³-hybridized carbons (Fsp3) is 0.522. The summed E-state index contributed by atoms with van der Waals surface area (Å²) in [5, 5.41) is 0. The first-order chi connectivity index (χ1) is 13.3. The number of fused-ring (bicyclic) bond motifs is 1. The molecule has 28 heavy (non-hydrogen) atoms. The predicted molar refractivity (Wildman–Crippen MR) is 109 cm³/mol. The molecule has 0 aliphatic heterocycles. The van der Waals surface area contributed by atoms with E-state index < -0.39 is 17.4 Å². The Morgan fingerprint density at radius 3 is 2.14 bits per heavy atom. The second kappa shape index (κ2) is 7.90. The molecule has 150 valence electrons. The van der Waals surface area contributed by atoms with Crippen molar-refractivity contribution in [1.82, 2.24) is 0 Å². The van der Waals surface area contributed by atoms with E-state index in [0.29, 0.717) is 12.8 Å². The Hall–Kier alpha value is -2.43. The normalized spacial score (nSPS) is 21.8. The number of allylic oxidation sites excluding steroid dienone is 2. The molecule has 0 spiro atoms. The molecule has 1 aromatic carbocycles. The van der Waals surface area contributed by atoms with Crippen molar-refractivity contribution in [1.29, 1.82) is 0 Å².